The summed E-state index contributed by atoms with van der Waals surface area (Å²) < 4.78 is 48.3. The number of likely N-dealkylation sites (tertiary alicyclic amines) is 2. The third-order valence-electron chi connectivity index (χ3n) is 7.97. The lowest BCUT2D eigenvalue weighted by Crippen LogP contribution is -2.52. The Bertz CT molecular complexity index is 1140. The number of carbonyl (C=O) groups is 2. The number of ether oxygens (including phenoxy) is 1. The Balaban J connectivity index is 1.32. The number of amides is 2. The van der Waals surface area contributed by atoms with E-state index in [-0.39, 0.29) is 12.6 Å². The van der Waals surface area contributed by atoms with Gasteiger partial charge in [-0.05, 0) is 81.6 Å². The number of anilines is 1. The van der Waals surface area contributed by atoms with Crippen molar-refractivity contribution in [2.75, 3.05) is 44.2 Å². The van der Waals surface area contributed by atoms with Gasteiger partial charge < -0.3 is 19.4 Å². The van der Waals surface area contributed by atoms with Crippen LogP contribution in [0.4, 0.5) is 23.7 Å². The van der Waals surface area contributed by atoms with Crippen molar-refractivity contribution < 1.29 is 27.5 Å². The van der Waals surface area contributed by atoms with Crippen molar-refractivity contribution >= 4 is 17.7 Å². The Morgan fingerprint density at radius 3 is 2.31 bits per heavy atom. The van der Waals surface area contributed by atoms with E-state index in [1.54, 1.807) is 11.8 Å². The number of fused-ring (bicyclic) bond motifs is 2. The van der Waals surface area contributed by atoms with Crippen LogP contribution < -0.4 is 4.90 Å². The molecule has 9 heteroatoms. The first-order valence-corrected chi connectivity index (χ1v) is 12.5. The standard InChI is InChI=1S/C27H30F3N3O3/c1-2-36-26(35)32-12-8-19(9-13-32)31-14-10-27(11-15-31)17-33(23-7-6-18(28)16-20(23)27)25(34)24-21(29)4-3-5-22(24)30/h3-7,16,19H,2,8-15,17H2,1H3. The molecule has 0 N–H and O–H groups in total. The summed E-state index contributed by atoms with van der Waals surface area (Å²) in [6, 6.07) is 7.98. The Hall–Kier alpha value is -3.07. The number of halogens is 3. The number of benzene rings is 2. The molecule has 0 saturated carbocycles. The van der Waals surface area contributed by atoms with Crippen LogP contribution >= 0.6 is 0 Å². The van der Waals surface area contributed by atoms with E-state index in [9.17, 15) is 22.8 Å². The van der Waals surface area contributed by atoms with Gasteiger partial charge in [-0.1, -0.05) is 6.07 Å². The van der Waals surface area contributed by atoms with Gasteiger partial charge in [-0.25, -0.2) is 18.0 Å². The van der Waals surface area contributed by atoms with Crippen molar-refractivity contribution in [1.29, 1.82) is 0 Å². The Morgan fingerprint density at radius 1 is 1.00 bits per heavy atom. The highest BCUT2D eigenvalue weighted by molar-refractivity contribution is 6.08. The lowest BCUT2D eigenvalue weighted by molar-refractivity contribution is 0.0575. The fraction of sp³-hybridized carbons (Fsp3) is 0.481. The predicted octanol–water partition coefficient (Wildman–Crippen LogP) is 4.72. The number of piperidine rings is 2. The molecule has 0 atom stereocenters. The molecule has 0 aromatic heterocycles. The molecule has 2 aromatic rings. The Labute approximate surface area is 208 Å². The molecule has 0 radical (unpaired) electrons. The first-order chi connectivity index (χ1) is 17.3. The molecule has 3 heterocycles. The third-order valence-corrected chi connectivity index (χ3v) is 7.97. The minimum atomic E-state index is -0.909. The summed E-state index contributed by atoms with van der Waals surface area (Å²) in [5.41, 5.74) is 0.178. The molecule has 3 aliphatic rings. The van der Waals surface area contributed by atoms with E-state index in [4.69, 9.17) is 4.74 Å². The lowest BCUT2D eigenvalue weighted by Gasteiger charge is -2.45. The highest BCUT2D eigenvalue weighted by Gasteiger charge is 2.48. The van der Waals surface area contributed by atoms with Crippen molar-refractivity contribution in [2.24, 2.45) is 0 Å². The van der Waals surface area contributed by atoms with Crippen LogP contribution in [0.1, 0.15) is 48.5 Å². The summed E-state index contributed by atoms with van der Waals surface area (Å²) in [5.74, 6) is -2.96. The SMILES string of the molecule is CCOC(=O)N1CCC(N2CCC3(CC2)CN(C(=O)c2c(F)cccc2F)c2ccc(F)cc23)CC1. The predicted molar refractivity (Wildman–Crippen MR) is 129 cm³/mol. The number of rotatable bonds is 3. The molecule has 2 saturated heterocycles. The van der Waals surface area contributed by atoms with Crippen LogP contribution in [0.15, 0.2) is 36.4 Å². The van der Waals surface area contributed by atoms with Crippen molar-refractivity contribution in [3.63, 3.8) is 0 Å². The van der Waals surface area contributed by atoms with Gasteiger partial charge in [-0.2, -0.15) is 0 Å². The summed E-state index contributed by atoms with van der Waals surface area (Å²) in [6.45, 7) is 5.23. The second kappa shape index (κ2) is 9.76. The maximum absolute atomic E-state index is 14.4. The van der Waals surface area contributed by atoms with Crippen molar-refractivity contribution in [2.45, 2.75) is 44.1 Å². The smallest absolute Gasteiger partial charge is 0.409 e. The molecular formula is C27H30F3N3O3. The topological polar surface area (TPSA) is 53.1 Å². The maximum Gasteiger partial charge on any atom is 0.409 e. The van der Waals surface area contributed by atoms with Crippen LogP contribution in [0, 0.1) is 17.5 Å². The quantitative estimate of drug-likeness (QED) is 0.611. The monoisotopic (exact) mass is 501 g/mol. The van der Waals surface area contributed by atoms with E-state index in [2.05, 4.69) is 4.90 Å². The Kier molecular flexibility index (Phi) is 6.68. The zero-order valence-electron chi connectivity index (χ0n) is 20.3. The molecule has 0 aliphatic carbocycles. The summed E-state index contributed by atoms with van der Waals surface area (Å²) >= 11 is 0. The Morgan fingerprint density at radius 2 is 1.67 bits per heavy atom. The van der Waals surface area contributed by atoms with Gasteiger partial charge in [0.05, 0.1) is 6.61 Å². The molecule has 6 nitrogen and oxygen atoms in total. The second-order valence-corrected chi connectivity index (χ2v) is 9.88. The van der Waals surface area contributed by atoms with Crippen LogP contribution in [0.5, 0.6) is 0 Å². The number of nitrogens with zero attached hydrogens (tertiary/aromatic N) is 3. The number of hydrogen-bond donors (Lipinski definition) is 0. The highest BCUT2D eigenvalue weighted by Crippen LogP contribution is 2.48. The van der Waals surface area contributed by atoms with Gasteiger partial charge in [-0.15, -0.1) is 0 Å². The van der Waals surface area contributed by atoms with Crippen molar-refractivity contribution in [1.82, 2.24) is 9.80 Å². The van der Waals surface area contributed by atoms with Crippen molar-refractivity contribution in [3.8, 4) is 0 Å². The summed E-state index contributed by atoms with van der Waals surface area (Å²) in [5, 5.41) is 0. The van der Waals surface area contributed by atoms with E-state index in [1.807, 2.05) is 0 Å². The zero-order valence-corrected chi connectivity index (χ0v) is 20.3. The van der Waals surface area contributed by atoms with Crippen LogP contribution in [0.25, 0.3) is 0 Å². The minimum absolute atomic E-state index is 0.257. The van der Waals surface area contributed by atoms with Gasteiger partial charge in [0, 0.05) is 36.8 Å². The van der Waals surface area contributed by atoms with E-state index < -0.39 is 34.3 Å². The van der Waals surface area contributed by atoms with Gasteiger partial charge in [0.2, 0.25) is 0 Å². The molecule has 2 amide bonds. The van der Waals surface area contributed by atoms with Gasteiger partial charge in [0.1, 0.15) is 23.0 Å². The molecule has 1 spiro atoms. The van der Waals surface area contributed by atoms with Crippen LogP contribution in [-0.2, 0) is 10.2 Å². The molecule has 192 valence electrons. The molecule has 3 aliphatic heterocycles. The van der Waals surface area contributed by atoms with Gasteiger partial charge in [0.15, 0.2) is 0 Å². The van der Waals surface area contributed by atoms with E-state index in [0.29, 0.717) is 44.3 Å². The molecule has 0 bridgehead atoms. The molecule has 2 aromatic carbocycles. The molecule has 36 heavy (non-hydrogen) atoms. The lowest BCUT2D eigenvalue weighted by atomic mass is 9.74. The zero-order chi connectivity index (χ0) is 25.4. The van der Waals surface area contributed by atoms with Crippen LogP contribution in [0.3, 0.4) is 0 Å². The van der Waals surface area contributed by atoms with Crippen molar-refractivity contribution in [3.05, 3.63) is 65.0 Å². The van der Waals surface area contributed by atoms with E-state index in [1.165, 1.54) is 29.2 Å². The summed E-state index contributed by atoms with van der Waals surface area (Å²) in [4.78, 5) is 30.9. The van der Waals surface area contributed by atoms with Gasteiger partial charge in [0.25, 0.3) is 5.91 Å². The van der Waals surface area contributed by atoms with Gasteiger partial charge in [-0.3, -0.25) is 4.79 Å². The summed E-state index contributed by atoms with van der Waals surface area (Å²) in [7, 11) is 0. The average molecular weight is 502 g/mol. The molecule has 5 rings (SSSR count). The first-order valence-electron chi connectivity index (χ1n) is 12.5. The minimum Gasteiger partial charge on any atom is -0.450 e. The third kappa shape index (κ3) is 4.34. The average Bonchev–Trinajstić information content (AvgIpc) is 3.17. The highest BCUT2D eigenvalue weighted by atomic mass is 19.1. The summed E-state index contributed by atoms with van der Waals surface area (Å²) in [6.07, 6.45) is 2.84. The fourth-order valence-corrected chi connectivity index (χ4v) is 6.03. The molecule has 0 unspecified atom stereocenters. The van der Waals surface area contributed by atoms with Crippen LogP contribution in [-0.4, -0.2) is 67.2 Å². The largest absolute Gasteiger partial charge is 0.450 e. The molecule has 2 fully saturated rings. The fourth-order valence-electron chi connectivity index (χ4n) is 6.03. The first kappa shape index (κ1) is 24.6. The maximum atomic E-state index is 14.4. The second-order valence-electron chi connectivity index (χ2n) is 9.88. The number of hydrogen-bond acceptors (Lipinski definition) is 4. The van der Waals surface area contributed by atoms with Crippen LogP contribution in [0.2, 0.25) is 0 Å². The van der Waals surface area contributed by atoms with E-state index in [0.717, 1.165) is 43.6 Å². The molecular weight excluding hydrogens is 471 g/mol. The van der Waals surface area contributed by atoms with E-state index >= 15 is 0 Å². The van der Waals surface area contributed by atoms with Gasteiger partial charge >= 0.3 is 6.09 Å². The normalized spacial score (nSPS) is 20.0. The number of carbonyl (C=O) groups excluding carboxylic acids is 2.